The molecule has 0 bridgehead atoms. The van der Waals surface area contributed by atoms with E-state index in [0.717, 1.165) is 12.8 Å². The van der Waals surface area contributed by atoms with Gasteiger partial charge < -0.3 is 0 Å². The van der Waals surface area contributed by atoms with Gasteiger partial charge in [-0.2, -0.15) is 0 Å². The van der Waals surface area contributed by atoms with Crippen molar-refractivity contribution in [3.63, 3.8) is 0 Å². The zero-order chi connectivity index (χ0) is 6.24. The molecular weight excluding hydrogens is 102 g/mol. The number of carbonyl (C=O) groups excluding carboxylic acids is 1. The van der Waals surface area contributed by atoms with E-state index in [1.165, 1.54) is 6.08 Å². The van der Waals surface area contributed by atoms with Gasteiger partial charge in [-0.15, -0.1) is 4.99 Å². The molecule has 0 heterocycles. The van der Waals surface area contributed by atoms with E-state index in [2.05, 4.69) is 17.0 Å². The van der Waals surface area contributed by atoms with Gasteiger partial charge in [0.2, 0.25) is 6.08 Å². The molecule has 0 atom stereocenters. The third-order valence-corrected chi connectivity index (χ3v) is 0.556. The van der Waals surface area contributed by atoms with E-state index < -0.39 is 0 Å². The Labute approximate surface area is 48.6 Å². The standard InChI is InChI=1S/C6H7NO/c1-2-3-4-5-7-6-8/h2-3H2,1H3. The topological polar surface area (TPSA) is 29.4 Å². The summed E-state index contributed by atoms with van der Waals surface area (Å²) in [6.07, 6.45) is 3.13. The second kappa shape index (κ2) is 5.94. The first-order valence-corrected chi connectivity index (χ1v) is 2.46. The molecule has 0 rings (SSSR count). The Hall–Kier alpha value is -1.06. The maximum Gasteiger partial charge on any atom is 0.249 e. The lowest BCUT2D eigenvalue weighted by molar-refractivity contribution is 0.565. The molecule has 8 heavy (non-hydrogen) atoms. The first kappa shape index (κ1) is 6.94. The van der Waals surface area contributed by atoms with Gasteiger partial charge in [-0.25, -0.2) is 4.79 Å². The molecule has 0 aliphatic heterocycles. The number of rotatable bonds is 1. The van der Waals surface area contributed by atoms with Crippen molar-refractivity contribution in [1.82, 2.24) is 0 Å². The van der Waals surface area contributed by atoms with Crippen molar-refractivity contribution in [3.8, 4) is 12.0 Å². The average Bonchev–Trinajstić information content (AvgIpc) is 1.81. The van der Waals surface area contributed by atoms with Crippen LogP contribution in [0.15, 0.2) is 4.99 Å². The van der Waals surface area contributed by atoms with Crippen molar-refractivity contribution >= 4 is 6.08 Å². The maximum atomic E-state index is 9.37. The second-order valence-electron chi connectivity index (χ2n) is 1.24. The van der Waals surface area contributed by atoms with Crippen LogP contribution in [-0.2, 0) is 4.79 Å². The van der Waals surface area contributed by atoms with Crippen LogP contribution < -0.4 is 0 Å². The first-order chi connectivity index (χ1) is 3.91. The molecule has 42 valence electrons. The molecule has 0 unspecified atom stereocenters. The van der Waals surface area contributed by atoms with Crippen LogP contribution >= 0.6 is 0 Å². The molecule has 0 fully saturated rings. The maximum absolute atomic E-state index is 9.37. The fraction of sp³-hybridized carbons (Fsp3) is 0.500. The van der Waals surface area contributed by atoms with Crippen LogP contribution in [0.25, 0.3) is 0 Å². The number of isocyanates is 1. The van der Waals surface area contributed by atoms with Crippen molar-refractivity contribution in [1.29, 1.82) is 0 Å². The Bertz CT molecular complexity index is 146. The van der Waals surface area contributed by atoms with Crippen molar-refractivity contribution in [2.75, 3.05) is 0 Å². The smallest absolute Gasteiger partial charge is 0.210 e. The van der Waals surface area contributed by atoms with Crippen LogP contribution in [0.3, 0.4) is 0 Å². The number of hydrogen-bond acceptors (Lipinski definition) is 2. The number of hydrogen-bond donors (Lipinski definition) is 0. The van der Waals surface area contributed by atoms with Gasteiger partial charge >= 0.3 is 0 Å². The van der Waals surface area contributed by atoms with Gasteiger partial charge in [-0.1, -0.05) is 12.8 Å². The summed E-state index contributed by atoms with van der Waals surface area (Å²) in [6, 6.07) is 2.29. The third-order valence-electron chi connectivity index (χ3n) is 0.556. The van der Waals surface area contributed by atoms with Gasteiger partial charge in [0.05, 0.1) is 0 Å². The minimum Gasteiger partial charge on any atom is -0.210 e. The zero-order valence-electron chi connectivity index (χ0n) is 4.77. The highest BCUT2D eigenvalue weighted by atomic mass is 16.1. The summed E-state index contributed by atoms with van der Waals surface area (Å²) >= 11 is 0. The Morgan fingerprint density at radius 1 is 1.62 bits per heavy atom. The van der Waals surface area contributed by atoms with E-state index in [4.69, 9.17) is 0 Å². The molecule has 0 aliphatic rings. The molecule has 0 amide bonds. The van der Waals surface area contributed by atoms with Crippen molar-refractivity contribution in [3.05, 3.63) is 0 Å². The van der Waals surface area contributed by atoms with E-state index in [-0.39, 0.29) is 0 Å². The lowest BCUT2D eigenvalue weighted by atomic mass is 10.4. The SMILES string of the molecule is CCCC#CN=C=O. The molecule has 0 N–H and O–H groups in total. The van der Waals surface area contributed by atoms with Crippen LogP contribution in [0.5, 0.6) is 0 Å². The molecule has 0 saturated carbocycles. The van der Waals surface area contributed by atoms with Crippen LogP contribution in [-0.4, -0.2) is 6.08 Å². The minimum atomic E-state index is 0.797. The molecule has 0 spiro atoms. The van der Waals surface area contributed by atoms with E-state index in [1.807, 2.05) is 6.92 Å². The molecule has 0 radical (unpaired) electrons. The Balaban J connectivity index is 3.35. The highest BCUT2D eigenvalue weighted by molar-refractivity contribution is 5.36. The van der Waals surface area contributed by atoms with Gasteiger partial charge in [0, 0.05) is 12.5 Å². The average molecular weight is 109 g/mol. The molecule has 2 heteroatoms. The number of unbranched alkanes of at least 4 members (excludes halogenated alkanes) is 1. The highest BCUT2D eigenvalue weighted by Gasteiger charge is 1.66. The van der Waals surface area contributed by atoms with E-state index in [9.17, 15) is 4.79 Å². The van der Waals surface area contributed by atoms with E-state index in [1.54, 1.807) is 0 Å². The number of nitrogens with zero attached hydrogens (tertiary/aromatic N) is 1. The molecule has 0 aromatic carbocycles. The first-order valence-electron chi connectivity index (χ1n) is 2.46. The fourth-order valence-electron chi connectivity index (χ4n) is 0.243. The van der Waals surface area contributed by atoms with Gasteiger partial charge in [0.15, 0.2) is 0 Å². The minimum absolute atomic E-state index is 0.797. The van der Waals surface area contributed by atoms with Crippen molar-refractivity contribution in [2.24, 2.45) is 4.99 Å². The van der Waals surface area contributed by atoms with Gasteiger partial charge in [0.25, 0.3) is 0 Å². The summed E-state index contributed by atoms with van der Waals surface area (Å²) in [5.41, 5.74) is 0. The number of aliphatic imine (C=N–C) groups is 1. The van der Waals surface area contributed by atoms with Crippen LogP contribution in [0.2, 0.25) is 0 Å². The second-order valence-corrected chi connectivity index (χ2v) is 1.24. The normalized spacial score (nSPS) is 6.12. The highest BCUT2D eigenvalue weighted by Crippen LogP contribution is 1.79. The van der Waals surface area contributed by atoms with Crippen molar-refractivity contribution in [2.45, 2.75) is 19.8 Å². The quantitative estimate of drug-likeness (QED) is 0.281. The zero-order valence-corrected chi connectivity index (χ0v) is 4.77. The van der Waals surface area contributed by atoms with Gasteiger partial charge in [-0.3, -0.25) is 0 Å². The Kier molecular flexibility index (Phi) is 5.15. The predicted octanol–water partition coefficient (Wildman–Crippen LogP) is 1.08. The van der Waals surface area contributed by atoms with E-state index >= 15 is 0 Å². The molecule has 2 nitrogen and oxygen atoms in total. The Morgan fingerprint density at radius 3 is 2.88 bits per heavy atom. The Morgan fingerprint density at radius 2 is 2.38 bits per heavy atom. The molecular formula is C6H7NO. The predicted molar refractivity (Wildman–Crippen MR) is 30.8 cm³/mol. The molecule has 0 aromatic heterocycles. The van der Waals surface area contributed by atoms with Crippen molar-refractivity contribution < 1.29 is 4.79 Å². The summed E-state index contributed by atoms with van der Waals surface area (Å²) in [6.45, 7) is 2.01. The lowest BCUT2D eigenvalue weighted by Gasteiger charge is -1.71. The summed E-state index contributed by atoms with van der Waals surface area (Å²) < 4.78 is 0. The van der Waals surface area contributed by atoms with Crippen LogP contribution in [0.1, 0.15) is 19.8 Å². The monoisotopic (exact) mass is 109 g/mol. The summed E-state index contributed by atoms with van der Waals surface area (Å²) in [5.74, 6) is 2.66. The molecule has 0 aliphatic carbocycles. The summed E-state index contributed by atoms with van der Waals surface area (Å²) in [4.78, 5) is 12.4. The third kappa shape index (κ3) is 4.94. The van der Waals surface area contributed by atoms with Crippen LogP contribution in [0, 0.1) is 12.0 Å². The lowest BCUT2D eigenvalue weighted by Crippen LogP contribution is -1.58. The molecule has 0 aromatic rings. The summed E-state index contributed by atoms with van der Waals surface area (Å²) in [7, 11) is 0. The molecule has 0 saturated heterocycles. The van der Waals surface area contributed by atoms with Crippen LogP contribution in [0.4, 0.5) is 0 Å². The fourth-order valence-corrected chi connectivity index (χ4v) is 0.243. The largest absolute Gasteiger partial charge is 0.249 e. The van der Waals surface area contributed by atoms with Gasteiger partial charge in [0.1, 0.15) is 0 Å². The summed E-state index contributed by atoms with van der Waals surface area (Å²) in [5, 5.41) is 0. The van der Waals surface area contributed by atoms with E-state index in [0.29, 0.717) is 0 Å². The van der Waals surface area contributed by atoms with Gasteiger partial charge in [-0.05, 0) is 6.42 Å².